The van der Waals surface area contributed by atoms with Crippen LogP contribution in [0.5, 0.6) is 0 Å². The van der Waals surface area contributed by atoms with E-state index in [1.54, 1.807) is 0 Å². The molecule has 1 saturated heterocycles. The fourth-order valence-electron chi connectivity index (χ4n) is 6.79. The van der Waals surface area contributed by atoms with Gasteiger partial charge in [0.1, 0.15) is 24.9 Å². The average Bonchev–Trinajstić information content (AvgIpc) is 3.26. The lowest BCUT2D eigenvalue weighted by Gasteiger charge is -2.38. The SMILES string of the molecule is CC/C=C\C/C=C\C/C=C\C/C=C\CCCCCCCCCCCCC(=O)OCC(COC1OC(C(=O)O)C(O)C(O)C1O)OC(=O)CCCCCCC/C=C\C/C=C\CCC. The lowest BCUT2D eigenvalue weighted by molar-refractivity contribution is -0.298. The Labute approximate surface area is 374 Å². The first kappa shape index (κ1) is 56.7. The molecule has 4 N–H and O–H groups in total. The topological polar surface area (TPSA) is 169 Å². The van der Waals surface area contributed by atoms with Crippen LogP contribution in [0.2, 0.25) is 0 Å². The Morgan fingerprint density at radius 2 is 0.952 bits per heavy atom. The number of carbonyl (C=O) groups is 3. The van der Waals surface area contributed by atoms with E-state index in [9.17, 15) is 34.8 Å². The molecule has 0 bridgehead atoms. The minimum absolute atomic E-state index is 0.162. The molecule has 0 saturated carbocycles. The molecule has 0 aromatic rings. The largest absolute Gasteiger partial charge is 0.479 e. The molecule has 354 valence electrons. The molecule has 1 heterocycles. The van der Waals surface area contributed by atoms with Gasteiger partial charge in [0, 0.05) is 12.8 Å². The van der Waals surface area contributed by atoms with Crippen LogP contribution in [0.15, 0.2) is 72.9 Å². The third kappa shape index (κ3) is 31.5. The van der Waals surface area contributed by atoms with Gasteiger partial charge in [-0.25, -0.2) is 4.79 Å². The highest BCUT2D eigenvalue weighted by Gasteiger charge is 2.47. The zero-order valence-corrected chi connectivity index (χ0v) is 38.3. The van der Waals surface area contributed by atoms with Crippen molar-refractivity contribution in [2.75, 3.05) is 13.2 Å². The zero-order chi connectivity index (χ0) is 45.3. The summed E-state index contributed by atoms with van der Waals surface area (Å²) in [6.07, 6.45) is 42.4. The van der Waals surface area contributed by atoms with Crippen LogP contribution in [0.3, 0.4) is 0 Å². The van der Waals surface area contributed by atoms with Crippen molar-refractivity contribution in [3.05, 3.63) is 72.9 Å². The van der Waals surface area contributed by atoms with Crippen LogP contribution < -0.4 is 0 Å². The van der Waals surface area contributed by atoms with Crippen molar-refractivity contribution < 1.29 is 53.8 Å². The predicted molar refractivity (Wildman–Crippen MR) is 247 cm³/mol. The number of aliphatic hydroxyl groups excluding tert-OH is 3. The molecule has 1 aliphatic rings. The van der Waals surface area contributed by atoms with Crippen LogP contribution in [-0.4, -0.2) is 88.4 Å². The summed E-state index contributed by atoms with van der Waals surface area (Å²) in [4.78, 5) is 36.9. The summed E-state index contributed by atoms with van der Waals surface area (Å²) in [5.41, 5.74) is 0. The number of rotatable bonds is 39. The molecule has 0 spiro atoms. The van der Waals surface area contributed by atoms with Gasteiger partial charge in [0.15, 0.2) is 18.5 Å². The van der Waals surface area contributed by atoms with E-state index in [-0.39, 0.29) is 19.4 Å². The second kappa shape index (κ2) is 40.4. The van der Waals surface area contributed by atoms with Crippen LogP contribution in [-0.2, 0) is 33.3 Å². The number of carbonyl (C=O) groups excluding carboxylic acids is 2. The van der Waals surface area contributed by atoms with E-state index >= 15 is 0 Å². The normalized spacial score (nSPS) is 20.2. The standard InChI is InChI=1S/C51H84O11/c1-3-5-7-9-11-13-15-17-18-19-20-21-22-23-24-25-26-28-29-31-33-35-37-39-44(52)59-41-43(42-60-51-48(56)46(54)47(55)49(62-51)50(57)58)61-45(53)40-38-36-34-32-30-27-16-14-12-10-8-6-4-2/h5,7-8,10-11,13-14,16-18,20-21,43,46-49,51,54-56H,3-4,6,9,12,15,19,22-42H2,1-2H3,(H,57,58)/b7-5-,10-8-,13-11-,16-14-,18-17-,21-20-. The summed E-state index contributed by atoms with van der Waals surface area (Å²) >= 11 is 0. The highest BCUT2D eigenvalue weighted by Crippen LogP contribution is 2.23. The Morgan fingerprint density at radius 1 is 0.516 bits per heavy atom. The van der Waals surface area contributed by atoms with Crippen molar-refractivity contribution in [2.45, 2.75) is 218 Å². The lowest BCUT2D eigenvalue weighted by Crippen LogP contribution is -2.60. The average molecular weight is 873 g/mol. The van der Waals surface area contributed by atoms with Gasteiger partial charge < -0.3 is 39.4 Å². The molecular formula is C51H84O11. The number of aliphatic carboxylic acids is 1. The van der Waals surface area contributed by atoms with Crippen LogP contribution >= 0.6 is 0 Å². The summed E-state index contributed by atoms with van der Waals surface area (Å²) in [5, 5.41) is 39.8. The van der Waals surface area contributed by atoms with Gasteiger partial charge in [-0.05, 0) is 77.0 Å². The van der Waals surface area contributed by atoms with E-state index in [4.69, 9.17) is 18.9 Å². The fraction of sp³-hybridized carbons (Fsp3) is 0.706. The van der Waals surface area contributed by atoms with Gasteiger partial charge in [-0.3, -0.25) is 9.59 Å². The minimum Gasteiger partial charge on any atom is -0.479 e. The second-order valence-corrected chi connectivity index (χ2v) is 16.2. The molecule has 0 aromatic heterocycles. The lowest BCUT2D eigenvalue weighted by atomic mass is 9.99. The predicted octanol–water partition coefficient (Wildman–Crippen LogP) is 10.9. The van der Waals surface area contributed by atoms with Gasteiger partial charge in [-0.15, -0.1) is 0 Å². The zero-order valence-electron chi connectivity index (χ0n) is 38.3. The molecule has 0 aromatic carbocycles. The number of hydrogen-bond donors (Lipinski definition) is 4. The maximum Gasteiger partial charge on any atom is 0.335 e. The third-order valence-corrected chi connectivity index (χ3v) is 10.5. The molecule has 0 radical (unpaired) electrons. The van der Waals surface area contributed by atoms with Crippen LogP contribution in [0, 0.1) is 0 Å². The van der Waals surface area contributed by atoms with E-state index in [0.29, 0.717) is 12.8 Å². The Kier molecular flexibility index (Phi) is 36.9. The summed E-state index contributed by atoms with van der Waals surface area (Å²) in [6.45, 7) is 3.62. The van der Waals surface area contributed by atoms with Gasteiger partial charge in [-0.2, -0.15) is 0 Å². The Balaban J connectivity index is 2.30. The molecule has 11 heteroatoms. The smallest absolute Gasteiger partial charge is 0.335 e. The first-order chi connectivity index (χ1) is 30.2. The van der Waals surface area contributed by atoms with Crippen molar-refractivity contribution in [3.8, 4) is 0 Å². The summed E-state index contributed by atoms with van der Waals surface area (Å²) in [5.74, 6) is -2.47. The molecule has 0 amide bonds. The van der Waals surface area contributed by atoms with Crippen molar-refractivity contribution in [3.63, 3.8) is 0 Å². The van der Waals surface area contributed by atoms with Crippen molar-refractivity contribution in [1.29, 1.82) is 0 Å². The number of allylic oxidation sites excluding steroid dienone is 12. The quantitative estimate of drug-likeness (QED) is 0.0263. The van der Waals surface area contributed by atoms with Crippen LogP contribution in [0.4, 0.5) is 0 Å². The third-order valence-electron chi connectivity index (χ3n) is 10.5. The number of esters is 2. The molecule has 1 aliphatic heterocycles. The molecule has 1 rings (SSSR count). The molecule has 6 unspecified atom stereocenters. The van der Waals surface area contributed by atoms with Gasteiger partial charge in [-0.1, -0.05) is 164 Å². The van der Waals surface area contributed by atoms with Gasteiger partial charge in [0.05, 0.1) is 6.61 Å². The van der Waals surface area contributed by atoms with E-state index < -0.39 is 61.3 Å². The van der Waals surface area contributed by atoms with E-state index in [2.05, 4.69) is 86.8 Å². The number of hydrogen-bond acceptors (Lipinski definition) is 10. The number of aliphatic hydroxyl groups is 3. The molecular weight excluding hydrogens is 789 g/mol. The second-order valence-electron chi connectivity index (χ2n) is 16.2. The van der Waals surface area contributed by atoms with Crippen molar-refractivity contribution in [1.82, 2.24) is 0 Å². The number of carboxylic acid groups (broad SMARTS) is 1. The Bertz CT molecular complexity index is 1300. The first-order valence-corrected chi connectivity index (χ1v) is 24.0. The van der Waals surface area contributed by atoms with Gasteiger partial charge in [0.25, 0.3) is 0 Å². The van der Waals surface area contributed by atoms with Crippen LogP contribution in [0.25, 0.3) is 0 Å². The fourth-order valence-corrected chi connectivity index (χ4v) is 6.79. The highest BCUT2D eigenvalue weighted by atomic mass is 16.7. The Morgan fingerprint density at radius 3 is 1.44 bits per heavy atom. The number of carboxylic acids is 1. The van der Waals surface area contributed by atoms with E-state index in [1.807, 2.05) is 0 Å². The summed E-state index contributed by atoms with van der Waals surface area (Å²) in [7, 11) is 0. The summed E-state index contributed by atoms with van der Waals surface area (Å²) < 4.78 is 21.7. The molecule has 6 atom stereocenters. The minimum atomic E-state index is -1.87. The number of unbranched alkanes of at least 4 members (excludes halogenated alkanes) is 16. The highest BCUT2D eigenvalue weighted by molar-refractivity contribution is 5.73. The van der Waals surface area contributed by atoms with E-state index in [1.165, 1.54) is 38.5 Å². The summed E-state index contributed by atoms with van der Waals surface area (Å²) in [6, 6.07) is 0. The van der Waals surface area contributed by atoms with Gasteiger partial charge >= 0.3 is 17.9 Å². The number of ether oxygens (including phenoxy) is 4. The van der Waals surface area contributed by atoms with E-state index in [0.717, 1.165) is 103 Å². The van der Waals surface area contributed by atoms with Crippen LogP contribution in [0.1, 0.15) is 181 Å². The Hall–Kier alpha value is -3.35. The monoisotopic (exact) mass is 873 g/mol. The molecule has 11 nitrogen and oxygen atoms in total. The molecule has 62 heavy (non-hydrogen) atoms. The maximum absolute atomic E-state index is 12.8. The molecule has 0 aliphatic carbocycles. The van der Waals surface area contributed by atoms with Crippen molar-refractivity contribution in [2.24, 2.45) is 0 Å². The van der Waals surface area contributed by atoms with Gasteiger partial charge in [0.2, 0.25) is 0 Å². The molecule has 1 fully saturated rings. The maximum atomic E-state index is 12.8. The first-order valence-electron chi connectivity index (χ1n) is 24.0. The van der Waals surface area contributed by atoms with Crippen molar-refractivity contribution >= 4 is 17.9 Å².